The van der Waals surface area contributed by atoms with Crippen LogP contribution in [-0.2, 0) is 17.8 Å². The maximum Gasteiger partial charge on any atom is 0.221 e. The first-order valence-corrected chi connectivity index (χ1v) is 10.3. The molecule has 1 fully saturated rings. The fourth-order valence-corrected chi connectivity index (χ4v) is 3.94. The van der Waals surface area contributed by atoms with Gasteiger partial charge in [0.15, 0.2) is 0 Å². The number of hydrogen-bond acceptors (Lipinski definition) is 8. The van der Waals surface area contributed by atoms with Gasteiger partial charge < -0.3 is 15.2 Å². The van der Waals surface area contributed by atoms with Crippen LogP contribution in [-0.4, -0.2) is 55.1 Å². The predicted octanol–water partition coefficient (Wildman–Crippen LogP) is 2.15. The highest BCUT2D eigenvalue weighted by Gasteiger charge is 2.17. The molecule has 0 aliphatic carbocycles. The summed E-state index contributed by atoms with van der Waals surface area (Å²) in [5.74, 6) is 1.41. The van der Waals surface area contributed by atoms with E-state index in [1.807, 2.05) is 41.3 Å². The number of rotatable bonds is 6. The number of ether oxygens (including phenoxy) is 2. The predicted molar refractivity (Wildman–Crippen MR) is 114 cm³/mol. The van der Waals surface area contributed by atoms with Crippen LogP contribution >= 0.6 is 0 Å². The molecule has 1 aromatic carbocycles. The molecule has 0 atom stereocenters. The van der Waals surface area contributed by atoms with Gasteiger partial charge in [0, 0.05) is 31.3 Å². The lowest BCUT2D eigenvalue weighted by Crippen LogP contribution is -2.20. The highest BCUT2D eigenvalue weighted by atomic mass is 16.5. The molecule has 10 nitrogen and oxygen atoms in total. The smallest absolute Gasteiger partial charge is 0.221 e. The largest absolute Gasteiger partial charge is 0.494 e. The zero-order valence-corrected chi connectivity index (χ0v) is 17.3. The summed E-state index contributed by atoms with van der Waals surface area (Å²) in [5, 5.41) is 14.1. The molecular weight excluding hydrogens is 396 g/mol. The minimum atomic E-state index is 0.161. The minimum absolute atomic E-state index is 0.161. The second-order valence-corrected chi connectivity index (χ2v) is 7.67. The van der Waals surface area contributed by atoms with Gasteiger partial charge in [-0.15, -0.1) is 5.10 Å². The summed E-state index contributed by atoms with van der Waals surface area (Å²) in [7, 11) is 1.60. The van der Waals surface area contributed by atoms with E-state index in [4.69, 9.17) is 20.3 Å². The van der Waals surface area contributed by atoms with Crippen LogP contribution in [0.3, 0.4) is 0 Å². The lowest BCUT2D eigenvalue weighted by atomic mass is 10.0. The number of methoxy groups -OCH3 is 1. The van der Waals surface area contributed by atoms with E-state index in [-0.39, 0.29) is 5.95 Å². The van der Waals surface area contributed by atoms with Crippen molar-refractivity contribution in [2.24, 2.45) is 5.92 Å². The average Bonchev–Trinajstić information content (AvgIpc) is 3.43. The molecule has 1 aliphatic rings. The summed E-state index contributed by atoms with van der Waals surface area (Å²) < 4.78 is 14.6. The molecule has 0 spiro atoms. The lowest BCUT2D eigenvalue weighted by Gasteiger charge is -2.21. The summed E-state index contributed by atoms with van der Waals surface area (Å²) in [6.45, 7) is 3.12. The molecule has 1 saturated heterocycles. The van der Waals surface area contributed by atoms with Crippen LogP contribution in [0.15, 0.2) is 36.7 Å². The van der Waals surface area contributed by atoms with Crippen molar-refractivity contribution in [3.8, 4) is 17.1 Å². The van der Waals surface area contributed by atoms with Crippen molar-refractivity contribution in [3.63, 3.8) is 0 Å². The van der Waals surface area contributed by atoms with E-state index in [0.717, 1.165) is 43.7 Å². The molecule has 0 bridgehead atoms. The number of anilines is 1. The Kier molecular flexibility index (Phi) is 5.21. The number of nitrogens with zero attached hydrogens (tertiary/aromatic N) is 7. The van der Waals surface area contributed by atoms with Crippen LogP contribution in [0.25, 0.3) is 22.3 Å². The van der Waals surface area contributed by atoms with E-state index in [0.29, 0.717) is 35.1 Å². The summed E-state index contributed by atoms with van der Waals surface area (Å²) in [5.41, 5.74) is 8.76. The van der Waals surface area contributed by atoms with E-state index in [1.54, 1.807) is 11.8 Å². The van der Waals surface area contributed by atoms with Gasteiger partial charge in [-0.2, -0.15) is 5.10 Å². The number of benzene rings is 1. The fourth-order valence-electron chi connectivity index (χ4n) is 3.94. The van der Waals surface area contributed by atoms with E-state index < -0.39 is 0 Å². The van der Waals surface area contributed by atoms with Crippen molar-refractivity contribution in [3.05, 3.63) is 42.4 Å². The van der Waals surface area contributed by atoms with Crippen molar-refractivity contribution in [1.29, 1.82) is 0 Å². The topological polar surface area (TPSA) is 119 Å². The Morgan fingerprint density at radius 1 is 1.16 bits per heavy atom. The van der Waals surface area contributed by atoms with Crippen molar-refractivity contribution < 1.29 is 9.47 Å². The first-order chi connectivity index (χ1) is 15.2. The zero-order chi connectivity index (χ0) is 21.2. The minimum Gasteiger partial charge on any atom is -0.494 e. The van der Waals surface area contributed by atoms with Crippen molar-refractivity contribution in [2.45, 2.75) is 25.9 Å². The van der Waals surface area contributed by atoms with Crippen LogP contribution in [0, 0.1) is 5.92 Å². The number of nitrogen functional groups attached to an aromatic ring is 1. The molecule has 4 aromatic rings. The molecule has 4 heterocycles. The third-order valence-electron chi connectivity index (χ3n) is 5.51. The monoisotopic (exact) mass is 420 g/mol. The summed E-state index contributed by atoms with van der Waals surface area (Å²) >= 11 is 0. The molecule has 5 rings (SSSR count). The summed E-state index contributed by atoms with van der Waals surface area (Å²) in [4.78, 5) is 8.73. The van der Waals surface area contributed by atoms with Gasteiger partial charge in [0.05, 0.1) is 25.5 Å². The van der Waals surface area contributed by atoms with Gasteiger partial charge in [0.1, 0.15) is 22.7 Å². The second kappa shape index (κ2) is 8.31. The first-order valence-electron chi connectivity index (χ1n) is 10.3. The SMILES string of the molecule is COc1cccc2c(-c3cn(Cc4ccn(CC5CCOCC5)n4)nn3)nc(N)nc12. The molecule has 0 amide bonds. The quantitative estimate of drug-likeness (QED) is 0.504. The second-order valence-electron chi connectivity index (χ2n) is 7.67. The van der Waals surface area contributed by atoms with Gasteiger partial charge in [0.25, 0.3) is 0 Å². The zero-order valence-electron chi connectivity index (χ0n) is 17.3. The van der Waals surface area contributed by atoms with Gasteiger partial charge >= 0.3 is 0 Å². The number of para-hydroxylation sites is 1. The van der Waals surface area contributed by atoms with E-state index in [1.165, 1.54) is 0 Å². The molecule has 3 aromatic heterocycles. The highest BCUT2D eigenvalue weighted by molar-refractivity contribution is 5.95. The van der Waals surface area contributed by atoms with Gasteiger partial charge in [-0.05, 0) is 30.9 Å². The van der Waals surface area contributed by atoms with Crippen LogP contribution < -0.4 is 10.5 Å². The van der Waals surface area contributed by atoms with E-state index in [9.17, 15) is 0 Å². The van der Waals surface area contributed by atoms with E-state index >= 15 is 0 Å². The Balaban J connectivity index is 1.36. The Morgan fingerprint density at radius 3 is 2.87 bits per heavy atom. The Labute approximate surface area is 179 Å². The molecule has 2 N–H and O–H groups in total. The Hall–Kier alpha value is -3.53. The first kappa shape index (κ1) is 19.4. The van der Waals surface area contributed by atoms with Gasteiger partial charge in [0.2, 0.25) is 5.95 Å². The fraction of sp³-hybridized carbons (Fsp3) is 0.381. The Morgan fingerprint density at radius 2 is 2.03 bits per heavy atom. The standard InChI is InChI=1S/C21H24N8O2/c1-30-18-4-2-3-16-19(23-21(22)24-20(16)18)17-13-29(27-25-17)12-15-5-8-28(26-15)11-14-6-9-31-10-7-14/h2-5,8,13-14H,6-7,9-12H2,1H3,(H2,22,23,24). The maximum atomic E-state index is 5.94. The number of fused-ring (bicyclic) bond motifs is 1. The Bertz CT molecular complexity index is 1200. The summed E-state index contributed by atoms with van der Waals surface area (Å²) in [6, 6.07) is 7.67. The van der Waals surface area contributed by atoms with Crippen LogP contribution in [0.1, 0.15) is 18.5 Å². The van der Waals surface area contributed by atoms with Crippen molar-refractivity contribution >= 4 is 16.9 Å². The lowest BCUT2D eigenvalue weighted by molar-refractivity contribution is 0.0601. The van der Waals surface area contributed by atoms with Crippen molar-refractivity contribution in [2.75, 3.05) is 26.1 Å². The van der Waals surface area contributed by atoms with Crippen molar-refractivity contribution in [1.82, 2.24) is 34.7 Å². The van der Waals surface area contributed by atoms with Gasteiger partial charge in [-0.3, -0.25) is 4.68 Å². The molecule has 10 heteroatoms. The molecular formula is C21H24N8O2. The highest BCUT2D eigenvalue weighted by Crippen LogP contribution is 2.30. The average molecular weight is 420 g/mol. The molecule has 0 saturated carbocycles. The molecule has 1 aliphatic heterocycles. The third-order valence-corrected chi connectivity index (χ3v) is 5.51. The molecule has 31 heavy (non-hydrogen) atoms. The van der Waals surface area contributed by atoms with Crippen LogP contribution in [0.4, 0.5) is 5.95 Å². The van der Waals surface area contributed by atoms with Gasteiger partial charge in [-0.25, -0.2) is 14.6 Å². The van der Waals surface area contributed by atoms with Crippen LogP contribution in [0.5, 0.6) is 5.75 Å². The normalized spacial score (nSPS) is 14.9. The number of hydrogen-bond donors (Lipinski definition) is 1. The number of aromatic nitrogens is 7. The molecule has 160 valence electrons. The van der Waals surface area contributed by atoms with E-state index in [2.05, 4.69) is 20.3 Å². The molecule has 0 unspecified atom stereocenters. The van der Waals surface area contributed by atoms with Crippen LogP contribution in [0.2, 0.25) is 0 Å². The molecule has 0 radical (unpaired) electrons. The number of nitrogens with two attached hydrogens (primary N) is 1. The van der Waals surface area contributed by atoms with Gasteiger partial charge in [-0.1, -0.05) is 17.3 Å². The summed E-state index contributed by atoms with van der Waals surface area (Å²) in [6.07, 6.45) is 6.04. The maximum absolute atomic E-state index is 5.94. The third kappa shape index (κ3) is 4.06.